The number of carbonyl (C=O) groups excluding carboxylic acids is 2. The number of benzene rings is 1. The number of hydrogen-bond acceptors (Lipinski definition) is 8. The van der Waals surface area contributed by atoms with Crippen LogP contribution in [0, 0.1) is 11.7 Å². The third-order valence-corrected chi connectivity index (χ3v) is 7.98. The Morgan fingerprint density at radius 2 is 1.88 bits per heavy atom. The zero-order chi connectivity index (χ0) is 29.6. The Bertz CT molecular complexity index is 1430. The quantitative estimate of drug-likeness (QED) is 0.260. The molecule has 1 aliphatic carbocycles. The molecule has 5 rings (SSSR count). The van der Waals surface area contributed by atoms with Gasteiger partial charge in [-0.05, 0) is 56.6 Å². The number of anilines is 3. The highest BCUT2D eigenvalue weighted by Crippen LogP contribution is 2.28. The second-order valence-corrected chi connectivity index (χ2v) is 11.3. The first kappa shape index (κ1) is 29.4. The summed E-state index contributed by atoms with van der Waals surface area (Å²) in [4.78, 5) is 34.0. The van der Waals surface area contributed by atoms with Crippen LogP contribution in [0.4, 0.5) is 22.0 Å². The van der Waals surface area contributed by atoms with Gasteiger partial charge in [-0.25, -0.2) is 4.39 Å². The van der Waals surface area contributed by atoms with Gasteiger partial charge in [0.15, 0.2) is 11.5 Å². The van der Waals surface area contributed by atoms with Gasteiger partial charge in [-0.15, -0.1) is 0 Å². The summed E-state index contributed by atoms with van der Waals surface area (Å²) in [5.41, 5.74) is 2.20. The summed E-state index contributed by atoms with van der Waals surface area (Å²) in [6.07, 6.45) is 7.38. The lowest BCUT2D eigenvalue weighted by atomic mass is 9.85. The van der Waals surface area contributed by atoms with E-state index in [1.165, 1.54) is 6.08 Å². The van der Waals surface area contributed by atoms with Crippen molar-refractivity contribution in [2.24, 2.45) is 5.92 Å². The SMILES string of the molecule is C=CC(=O)NC1CCC(C(=O)Nc2cccc(CNc3nc(NC4CCOCC4)nc4c(C(C)C)cnn34)c2F)CC1. The highest BCUT2D eigenvalue weighted by molar-refractivity contribution is 5.93. The van der Waals surface area contributed by atoms with Gasteiger partial charge in [-0.1, -0.05) is 32.6 Å². The van der Waals surface area contributed by atoms with Gasteiger partial charge < -0.3 is 26.0 Å². The lowest BCUT2D eigenvalue weighted by Gasteiger charge is -2.28. The molecule has 2 aromatic heterocycles. The molecule has 1 aromatic carbocycles. The molecular formula is C30H39FN8O3. The molecule has 4 N–H and O–H groups in total. The van der Waals surface area contributed by atoms with Gasteiger partial charge in [0.2, 0.25) is 23.7 Å². The lowest BCUT2D eigenvalue weighted by Crippen LogP contribution is -2.38. The normalized spacial score (nSPS) is 19.4. The van der Waals surface area contributed by atoms with Crippen LogP contribution in [0.15, 0.2) is 37.1 Å². The summed E-state index contributed by atoms with van der Waals surface area (Å²) in [6, 6.07) is 5.19. The standard InChI is InChI=1S/C30H39FN8O3/c1-4-25(40)34-21-10-8-19(9-11-21)28(41)36-24-7-5-6-20(26(24)31)16-32-30-38-29(35-22-12-14-42-15-13-22)37-27-23(18(2)3)17-33-39(27)30/h4-7,17-19,21-22H,1,8-16H2,2-3H3,(H,34,40)(H,36,41)(H2,32,35,37,38). The number of aromatic nitrogens is 4. The molecule has 0 atom stereocenters. The number of halogens is 1. The Labute approximate surface area is 244 Å². The fourth-order valence-electron chi connectivity index (χ4n) is 5.49. The molecule has 0 spiro atoms. The van der Waals surface area contributed by atoms with Crippen molar-refractivity contribution in [3.8, 4) is 0 Å². The van der Waals surface area contributed by atoms with Crippen LogP contribution in [0.25, 0.3) is 5.65 Å². The predicted molar refractivity (Wildman–Crippen MR) is 159 cm³/mol. The fraction of sp³-hybridized carbons (Fsp3) is 0.500. The van der Waals surface area contributed by atoms with Crippen LogP contribution >= 0.6 is 0 Å². The third-order valence-electron chi connectivity index (χ3n) is 7.98. The summed E-state index contributed by atoms with van der Waals surface area (Å²) in [5, 5.41) is 16.8. The van der Waals surface area contributed by atoms with Crippen LogP contribution in [0.2, 0.25) is 0 Å². The fourth-order valence-corrected chi connectivity index (χ4v) is 5.49. The van der Waals surface area contributed by atoms with E-state index in [1.54, 1.807) is 28.9 Å². The van der Waals surface area contributed by atoms with Crippen LogP contribution < -0.4 is 21.3 Å². The summed E-state index contributed by atoms with van der Waals surface area (Å²) in [6.45, 7) is 9.15. The summed E-state index contributed by atoms with van der Waals surface area (Å²) in [7, 11) is 0. The molecule has 12 heteroatoms. The van der Waals surface area contributed by atoms with Crippen LogP contribution in [0.1, 0.15) is 69.4 Å². The van der Waals surface area contributed by atoms with Crippen LogP contribution in [0.5, 0.6) is 0 Å². The number of nitrogens with zero attached hydrogens (tertiary/aromatic N) is 4. The van der Waals surface area contributed by atoms with Gasteiger partial charge in [-0.3, -0.25) is 9.59 Å². The van der Waals surface area contributed by atoms with Gasteiger partial charge in [0.1, 0.15) is 0 Å². The van der Waals surface area contributed by atoms with Crippen molar-refractivity contribution in [1.29, 1.82) is 0 Å². The second kappa shape index (κ2) is 13.3. The second-order valence-electron chi connectivity index (χ2n) is 11.3. The maximum absolute atomic E-state index is 15.6. The number of rotatable bonds is 10. The van der Waals surface area contributed by atoms with E-state index in [1.807, 2.05) is 0 Å². The molecule has 2 fully saturated rings. The summed E-state index contributed by atoms with van der Waals surface area (Å²) < 4.78 is 22.7. The van der Waals surface area contributed by atoms with Crippen LogP contribution in [-0.2, 0) is 20.9 Å². The topological polar surface area (TPSA) is 135 Å². The maximum atomic E-state index is 15.6. The molecular weight excluding hydrogens is 539 g/mol. The van der Waals surface area contributed by atoms with Gasteiger partial charge in [0.25, 0.3) is 0 Å². The molecule has 1 saturated heterocycles. The van der Waals surface area contributed by atoms with E-state index in [4.69, 9.17) is 9.72 Å². The summed E-state index contributed by atoms with van der Waals surface area (Å²) in [5.74, 6) is -0.0343. The number of amides is 2. The van der Waals surface area contributed by atoms with E-state index >= 15 is 4.39 Å². The number of nitrogens with one attached hydrogen (secondary N) is 4. The van der Waals surface area contributed by atoms with E-state index in [9.17, 15) is 9.59 Å². The Hall–Kier alpha value is -4.06. The van der Waals surface area contributed by atoms with E-state index in [-0.39, 0.29) is 48.0 Å². The van der Waals surface area contributed by atoms with Crippen molar-refractivity contribution in [3.05, 3.63) is 54.0 Å². The van der Waals surface area contributed by atoms with Gasteiger partial charge in [0, 0.05) is 48.9 Å². The average Bonchev–Trinajstić information content (AvgIpc) is 3.43. The number of carbonyl (C=O) groups is 2. The van der Waals surface area contributed by atoms with Crippen molar-refractivity contribution >= 4 is 35.0 Å². The van der Waals surface area contributed by atoms with E-state index in [2.05, 4.69) is 51.8 Å². The molecule has 2 amide bonds. The molecule has 0 radical (unpaired) electrons. The van der Waals surface area contributed by atoms with Crippen molar-refractivity contribution in [2.75, 3.05) is 29.2 Å². The Morgan fingerprint density at radius 1 is 1.12 bits per heavy atom. The molecule has 42 heavy (non-hydrogen) atoms. The molecule has 224 valence electrons. The maximum Gasteiger partial charge on any atom is 0.243 e. The Balaban J connectivity index is 1.27. The van der Waals surface area contributed by atoms with E-state index in [0.717, 1.165) is 18.4 Å². The minimum Gasteiger partial charge on any atom is -0.381 e. The largest absolute Gasteiger partial charge is 0.381 e. The van der Waals surface area contributed by atoms with Gasteiger partial charge in [0.05, 0.1) is 11.9 Å². The summed E-state index contributed by atoms with van der Waals surface area (Å²) >= 11 is 0. The van der Waals surface area contributed by atoms with Crippen molar-refractivity contribution in [3.63, 3.8) is 0 Å². The molecule has 1 saturated carbocycles. The average molecular weight is 579 g/mol. The first-order valence-corrected chi connectivity index (χ1v) is 14.7. The Morgan fingerprint density at radius 3 is 2.60 bits per heavy atom. The van der Waals surface area contributed by atoms with Gasteiger partial charge >= 0.3 is 0 Å². The zero-order valence-corrected chi connectivity index (χ0v) is 24.2. The zero-order valence-electron chi connectivity index (χ0n) is 24.2. The molecule has 11 nitrogen and oxygen atoms in total. The smallest absolute Gasteiger partial charge is 0.243 e. The van der Waals surface area contributed by atoms with Crippen LogP contribution in [0.3, 0.4) is 0 Å². The minimum absolute atomic E-state index is 0.0257. The van der Waals surface area contributed by atoms with Crippen molar-refractivity contribution in [1.82, 2.24) is 24.9 Å². The first-order valence-electron chi connectivity index (χ1n) is 14.7. The lowest BCUT2D eigenvalue weighted by molar-refractivity contribution is -0.121. The predicted octanol–water partition coefficient (Wildman–Crippen LogP) is 4.39. The highest BCUT2D eigenvalue weighted by Gasteiger charge is 2.27. The molecule has 3 aromatic rings. The number of hydrogen-bond donors (Lipinski definition) is 4. The van der Waals surface area contributed by atoms with E-state index < -0.39 is 5.82 Å². The molecule has 0 bridgehead atoms. The Kier molecular flexibility index (Phi) is 9.31. The molecule has 0 unspecified atom stereocenters. The van der Waals surface area contributed by atoms with E-state index in [0.29, 0.717) is 62.0 Å². The van der Waals surface area contributed by atoms with Crippen molar-refractivity contribution in [2.45, 2.75) is 76.9 Å². The number of ether oxygens (including phenoxy) is 1. The molecule has 1 aliphatic heterocycles. The molecule has 3 heterocycles. The van der Waals surface area contributed by atoms with Gasteiger partial charge in [-0.2, -0.15) is 19.6 Å². The first-order chi connectivity index (χ1) is 20.3. The monoisotopic (exact) mass is 578 g/mol. The number of fused-ring (bicyclic) bond motifs is 1. The third kappa shape index (κ3) is 6.87. The minimum atomic E-state index is -0.500. The van der Waals surface area contributed by atoms with Crippen LogP contribution in [-0.4, -0.2) is 56.7 Å². The highest BCUT2D eigenvalue weighted by atomic mass is 19.1. The molecule has 2 aliphatic rings. The van der Waals surface area contributed by atoms with Crippen molar-refractivity contribution < 1.29 is 18.7 Å².